The fraction of sp³-hybridized carbons (Fsp3) is 0.353. The summed E-state index contributed by atoms with van der Waals surface area (Å²) in [5, 5.41) is 3.52. The Hall–Kier alpha value is -1.94. The zero-order valence-corrected chi connectivity index (χ0v) is 12.6. The van der Waals surface area contributed by atoms with Gasteiger partial charge in [-0.05, 0) is 61.2 Å². The number of hydrogen-bond acceptors (Lipinski definition) is 3. The van der Waals surface area contributed by atoms with Gasteiger partial charge in [-0.25, -0.2) is 4.39 Å². The van der Waals surface area contributed by atoms with Crippen LogP contribution in [0.25, 0.3) is 0 Å². The van der Waals surface area contributed by atoms with Crippen LogP contribution in [-0.2, 0) is 6.42 Å². The second kappa shape index (κ2) is 7.18. The molecule has 0 aliphatic heterocycles. The molecule has 0 radical (unpaired) electrons. The second-order valence-electron chi connectivity index (χ2n) is 5.29. The molecule has 1 atom stereocenters. The molecule has 3 N–H and O–H groups in total. The quantitative estimate of drug-likeness (QED) is 0.856. The number of halogens is 1. The number of nitrogen functional groups attached to an aromatic ring is 1. The first-order chi connectivity index (χ1) is 10.1. The molecule has 1 unspecified atom stereocenters. The Morgan fingerprint density at radius 3 is 2.81 bits per heavy atom. The van der Waals surface area contributed by atoms with Crippen molar-refractivity contribution in [2.24, 2.45) is 0 Å². The van der Waals surface area contributed by atoms with Gasteiger partial charge in [-0.3, -0.25) is 4.98 Å². The summed E-state index contributed by atoms with van der Waals surface area (Å²) < 4.78 is 13.3. The molecule has 3 nitrogen and oxygen atoms in total. The molecular weight excluding hydrogens is 265 g/mol. The Labute approximate surface area is 125 Å². The summed E-state index contributed by atoms with van der Waals surface area (Å²) in [7, 11) is 0. The van der Waals surface area contributed by atoms with E-state index in [2.05, 4.69) is 17.2 Å². The molecule has 1 heterocycles. The van der Waals surface area contributed by atoms with Gasteiger partial charge in [0.15, 0.2) is 0 Å². The lowest BCUT2D eigenvalue weighted by molar-refractivity contribution is 0.525. The summed E-state index contributed by atoms with van der Waals surface area (Å²) >= 11 is 0. The van der Waals surface area contributed by atoms with Gasteiger partial charge in [0.05, 0.1) is 0 Å². The van der Waals surface area contributed by atoms with Gasteiger partial charge in [-0.15, -0.1) is 0 Å². The highest BCUT2D eigenvalue weighted by Crippen LogP contribution is 2.24. The maximum atomic E-state index is 13.3. The van der Waals surface area contributed by atoms with E-state index in [0.717, 1.165) is 41.8 Å². The summed E-state index contributed by atoms with van der Waals surface area (Å²) in [4.78, 5) is 4.14. The van der Waals surface area contributed by atoms with Gasteiger partial charge in [0.1, 0.15) is 5.82 Å². The number of nitrogens with two attached hydrogens (primary N) is 1. The van der Waals surface area contributed by atoms with Crippen molar-refractivity contribution in [3.8, 4) is 0 Å². The molecule has 1 aromatic heterocycles. The minimum Gasteiger partial charge on any atom is -0.398 e. The van der Waals surface area contributed by atoms with Crippen molar-refractivity contribution in [2.75, 3.05) is 12.3 Å². The second-order valence-corrected chi connectivity index (χ2v) is 5.29. The van der Waals surface area contributed by atoms with Crippen LogP contribution >= 0.6 is 0 Å². The van der Waals surface area contributed by atoms with Gasteiger partial charge < -0.3 is 11.1 Å². The smallest absolute Gasteiger partial charge is 0.123 e. The van der Waals surface area contributed by atoms with Crippen LogP contribution in [0.3, 0.4) is 0 Å². The standard InChI is InChI=1S/C17H22FN3/c1-3-7-21-17(10-13-11-20-8-6-16(13)19)15-5-4-14(18)9-12(15)2/h4-6,8-9,11,17,21H,3,7,10H2,1-2H3,(H2,19,20). The lowest BCUT2D eigenvalue weighted by Crippen LogP contribution is -2.25. The minimum absolute atomic E-state index is 0.108. The van der Waals surface area contributed by atoms with Crippen LogP contribution in [0.2, 0.25) is 0 Å². The van der Waals surface area contributed by atoms with Crippen LogP contribution < -0.4 is 11.1 Å². The molecule has 2 aromatic rings. The number of nitrogens with zero attached hydrogens (tertiary/aromatic N) is 1. The van der Waals surface area contributed by atoms with Crippen LogP contribution in [0.5, 0.6) is 0 Å². The third-order valence-corrected chi connectivity index (χ3v) is 3.61. The fourth-order valence-electron chi connectivity index (χ4n) is 2.47. The van der Waals surface area contributed by atoms with E-state index in [1.54, 1.807) is 18.5 Å². The summed E-state index contributed by atoms with van der Waals surface area (Å²) in [5.74, 6) is -0.202. The third-order valence-electron chi connectivity index (χ3n) is 3.61. The van der Waals surface area contributed by atoms with E-state index in [0.29, 0.717) is 0 Å². The molecule has 4 heteroatoms. The highest BCUT2D eigenvalue weighted by molar-refractivity contribution is 5.45. The lowest BCUT2D eigenvalue weighted by Gasteiger charge is -2.21. The number of aromatic nitrogens is 1. The Bertz CT molecular complexity index is 598. The topological polar surface area (TPSA) is 50.9 Å². The lowest BCUT2D eigenvalue weighted by atomic mass is 9.95. The molecule has 1 aromatic carbocycles. The third kappa shape index (κ3) is 4.02. The summed E-state index contributed by atoms with van der Waals surface area (Å²) in [6.07, 6.45) is 5.27. The minimum atomic E-state index is -0.202. The Balaban J connectivity index is 2.27. The normalized spacial score (nSPS) is 12.3. The predicted octanol–water partition coefficient (Wildman–Crippen LogP) is 3.39. The van der Waals surface area contributed by atoms with Crippen LogP contribution in [0, 0.1) is 12.7 Å². The number of hydrogen-bond donors (Lipinski definition) is 2. The average Bonchev–Trinajstić information content (AvgIpc) is 2.46. The van der Waals surface area contributed by atoms with Crippen molar-refractivity contribution < 1.29 is 4.39 Å². The predicted molar refractivity (Wildman–Crippen MR) is 84.5 cm³/mol. The van der Waals surface area contributed by atoms with E-state index in [1.165, 1.54) is 6.07 Å². The van der Waals surface area contributed by atoms with E-state index in [-0.39, 0.29) is 11.9 Å². The molecule has 0 amide bonds. The van der Waals surface area contributed by atoms with E-state index in [1.807, 2.05) is 19.1 Å². The summed E-state index contributed by atoms with van der Waals surface area (Å²) in [6.45, 7) is 4.97. The van der Waals surface area contributed by atoms with Crippen LogP contribution in [-0.4, -0.2) is 11.5 Å². The van der Waals surface area contributed by atoms with Gasteiger partial charge in [-0.1, -0.05) is 13.0 Å². The highest BCUT2D eigenvalue weighted by Gasteiger charge is 2.15. The van der Waals surface area contributed by atoms with E-state index >= 15 is 0 Å². The van der Waals surface area contributed by atoms with Crippen molar-refractivity contribution >= 4 is 5.69 Å². The monoisotopic (exact) mass is 287 g/mol. The molecular formula is C17H22FN3. The van der Waals surface area contributed by atoms with Crippen molar-refractivity contribution in [2.45, 2.75) is 32.7 Å². The van der Waals surface area contributed by atoms with Gasteiger partial charge >= 0.3 is 0 Å². The maximum absolute atomic E-state index is 13.3. The molecule has 0 fully saturated rings. The van der Waals surface area contributed by atoms with Crippen LogP contribution in [0.15, 0.2) is 36.7 Å². The van der Waals surface area contributed by atoms with Gasteiger partial charge in [0.2, 0.25) is 0 Å². The molecule has 0 saturated heterocycles. The SMILES string of the molecule is CCCNC(Cc1cnccc1N)c1ccc(F)cc1C. The first kappa shape index (κ1) is 15.4. The molecule has 0 spiro atoms. The average molecular weight is 287 g/mol. The molecule has 0 saturated carbocycles. The number of aryl methyl sites for hydroxylation is 1. The summed E-state index contributed by atoms with van der Waals surface area (Å²) in [5.41, 5.74) is 9.82. The molecule has 2 rings (SSSR count). The molecule has 112 valence electrons. The van der Waals surface area contributed by atoms with Gasteiger partial charge in [-0.2, -0.15) is 0 Å². The number of rotatable bonds is 6. The molecule has 21 heavy (non-hydrogen) atoms. The van der Waals surface area contributed by atoms with Crippen molar-refractivity contribution in [1.29, 1.82) is 0 Å². The van der Waals surface area contributed by atoms with E-state index in [4.69, 9.17) is 5.73 Å². The zero-order valence-electron chi connectivity index (χ0n) is 12.6. The molecule has 0 aliphatic rings. The Morgan fingerprint density at radius 2 is 2.14 bits per heavy atom. The van der Waals surface area contributed by atoms with Gasteiger partial charge in [0.25, 0.3) is 0 Å². The number of nitrogens with one attached hydrogen (secondary N) is 1. The molecule has 0 aliphatic carbocycles. The van der Waals surface area contributed by atoms with Crippen LogP contribution in [0.1, 0.15) is 36.1 Å². The van der Waals surface area contributed by atoms with Crippen molar-refractivity contribution in [3.63, 3.8) is 0 Å². The summed E-state index contributed by atoms with van der Waals surface area (Å²) in [6, 6.07) is 6.85. The van der Waals surface area contributed by atoms with E-state index in [9.17, 15) is 4.39 Å². The molecule has 0 bridgehead atoms. The van der Waals surface area contributed by atoms with Gasteiger partial charge in [0, 0.05) is 24.1 Å². The number of pyridine rings is 1. The van der Waals surface area contributed by atoms with Crippen molar-refractivity contribution in [3.05, 3.63) is 59.2 Å². The largest absolute Gasteiger partial charge is 0.398 e. The first-order valence-electron chi connectivity index (χ1n) is 7.29. The fourth-order valence-corrected chi connectivity index (χ4v) is 2.47. The maximum Gasteiger partial charge on any atom is 0.123 e. The zero-order chi connectivity index (χ0) is 15.2. The first-order valence-corrected chi connectivity index (χ1v) is 7.29. The Kier molecular flexibility index (Phi) is 5.28. The number of benzene rings is 1. The van der Waals surface area contributed by atoms with E-state index < -0.39 is 0 Å². The highest BCUT2D eigenvalue weighted by atomic mass is 19.1. The number of anilines is 1. The van der Waals surface area contributed by atoms with Crippen LogP contribution in [0.4, 0.5) is 10.1 Å². The van der Waals surface area contributed by atoms with Crippen molar-refractivity contribution in [1.82, 2.24) is 10.3 Å². The Morgan fingerprint density at radius 1 is 1.33 bits per heavy atom.